The normalized spacial score (nSPS) is 12.9. The maximum Gasteiger partial charge on any atom is 0.331 e. The number of aliphatic carboxylic acids is 1. The molecule has 0 fully saturated rings. The summed E-state index contributed by atoms with van der Waals surface area (Å²) in [5.41, 5.74) is 5.13. The van der Waals surface area contributed by atoms with E-state index < -0.39 is 12.0 Å². The molecule has 7 heteroatoms. The molecule has 0 radical (unpaired) electrons. The van der Waals surface area contributed by atoms with E-state index in [-0.39, 0.29) is 5.82 Å². The molecule has 1 heterocycles. The van der Waals surface area contributed by atoms with Gasteiger partial charge in [-0.25, -0.2) is 4.79 Å². The third-order valence-corrected chi connectivity index (χ3v) is 0.952. The summed E-state index contributed by atoms with van der Waals surface area (Å²) in [5.74, 6) is -1.04. The number of nitrogens with two attached hydrogens (primary N) is 1. The van der Waals surface area contributed by atoms with Crippen molar-refractivity contribution >= 4 is 5.97 Å². The van der Waals surface area contributed by atoms with Crippen LogP contribution in [0.2, 0.25) is 0 Å². The fraction of sp³-hybridized carbons (Fsp3) is 0.333. The topological polar surface area (TPSA) is 119 Å². The molecular weight excluding hydrogens is 138 g/mol. The van der Waals surface area contributed by atoms with Gasteiger partial charge in [0.2, 0.25) is 0 Å². The molecule has 0 bridgehead atoms. The second-order valence-electron chi connectivity index (χ2n) is 1.64. The molecule has 54 valence electrons. The lowest BCUT2D eigenvalue weighted by Gasteiger charge is -1.92. The van der Waals surface area contributed by atoms with Gasteiger partial charge in [0.05, 0.1) is 0 Å². The molecule has 1 aromatic heterocycles. The number of hydrogen-bond donors (Lipinski definition) is 3. The van der Waals surface area contributed by atoms with Gasteiger partial charge in [0.1, 0.15) is 5.10 Å². The molecule has 0 amide bonds. The first-order valence-electron chi connectivity index (χ1n) is 2.49. The van der Waals surface area contributed by atoms with Gasteiger partial charge in [0.15, 0.2) is 11.3 Å². The Labute approximate surface area is 55.2 Å². The number of carboxylic acids is 1. The van der Waals surface area contributed by atoms with Crippen LogP contribution in [0.5, 0.6) is 0 Å². The first kappa shape index (κ1) is 6.62. The van der Waals surface area contributed by atoms with Crippen LogP contribution in [0.1, 0.15) is 11.9 Å². The van der Waals surface area contributed by atoms with Gasteiger partial charge in [-0.15, -0.1) is 0 Å². The highest BCUT2D eigenvalue weighted by Crippen LogP contribution is 1.95. The van der Waals surface area contributed by atoms with Crippen LogP contribution in [0, 0.1) is 0 Å². The summed E-state index contributed by atoms with van der Waals surface area (Å²) >= 11 is 0. The summed E-state index contributed by atoms with van der Waals surface area (Å²) in [7, 11) is 0. The Kier molecular flexibility index (Phi) is 1.59. The molecular formula is C3H6N5O2+. The highest BCUT2D eigenvalue weighted by molar-refractivity contribution is 5.73. The molecule has 1 rings (SSSR count). The Morgan fingerprint density at radius 3 is 3.00 bits per heavy atom. The predicted molar refractivity (Wildman–Crippen MR) is 27.5 cm³/mol. The standard InChI is InChI=1S/C3H5N5O2/c4-1(3(9)10)2-5-7-8-6-2/h1H,4H2,(H,9,10)(H,5,6,7,8)/p+1. The summed E-state index contributed by atoms with van der Waals surface area (Å²) < 4.78 is 0. The molecule has 0 spiro atoms. The predicted octanol–water partition coefficient (Wildman–Crippen LogP) is -2.30. The fourth-order valence-corrected chi connectivity index (χ4v) is 0.443. The van der Waals surface area contributed by atoms with E-state index in [4.69, 9.17) is 10.8 Å². The van der Waals surface area contributed by atoms with Gasteiger partial charge in [-0.05, 0) is 0 Å². The summed E-state index contributed by atoms with van der Waals surface area (Å²) in [6, 6.07) is -1.14. The number of nitrogens with zero attached hydrogens (tertiary/aromatic N) is 2. The minimum absolute atomic E-state index is 0.104. The van der Waals surface area contributed by atoms with Crippen molar-refractivity contribution in [3.05, 3.63) is 5.82 Å². The maximum atomic E-state index is 10.2. The minimum atomic E-state index is -1.15. The lowest BCUT2D eigenvalue weighted by atomic mass is 10.3. The average Bonchev–Trinajstić information content (AvgIpc) is 2.36. The van der Waals surface area contributed by atoms with Gasteiger partial charge < -0.3 is 10.8 Å². The van der Waals surface area contributed by atoms with Crippen LogP contribution in [0.3, 0.4) is 0 Å². The Hall–Kier alpha value is -1.50. The van der Waals surface area contributed by atoms with E-state index >= 15 is 0 Å². The van der Waals surface area contributed by atoms with Gasteiger partial charge in [-0.2, -0.15) is 5.10 Å². The van der Waals surface area contributed by atoms with Crippen molar-refractivity contribution in [2.24, 2.45) is 5.73 Å². The number of carbonyl (C=O) groups is 1. The number of tetrazole rings is 1. The number of aromatic nitrogens is 4. The van der Waals surface area contributed by atoms with Gasteiger partial charge >= 0.3 is 11.8 Å². The van der Waals surface area contributed by atoms with Crippen LogP contribution in [0.25, 0.3) is 0 Å². The molecule has 1 atom stereocenters. The zero-order valence-corrected chi connectivity index (χ0v) is 4.90. The monoisotopic (exact) mass is 144 g/mol. The smallest absolute Gasteiger partial charge is 0.331 e. The lowest BCUT2D eigenvalue weighted by molar-refractivity contribution is -0.467. The summed E-state index contributed by atoms with van der Waals surface area (Å²) in [6.45, 7) is 0. The van der Waals surface area contributed by atoms with E-state index in [1.165, 1.54) is 0 Å². The number of H-pyrrole nitrogens is 2. The van der Waals surface area contributed by atoms with Crippen molar-refractivity contribution in [2.45, 2.75) is 6.04 Å². The fourth-order valence-electron chi connectivity index (χ4n) is 0.443. The third kappa shape index (κ3) is 1.08. The van der Waals surface area contributed by atoms with E-state index in [0.717, 1.165) is 0 Å². The number of nitrogens with one attached hydrogen (secondary N) is 2. The largest absolute Gasteiger partial charge is 0.480 e. The first-order valence-corrected chi connectivity index (χ1v) is 2.49. The molecule has 0 aliphatic rings. The zero-order chi connectivity index (χ0) is 7.56. The van der Waals surface area contributed by atoms with Gasteiger partial charge in [0, 0.05) is 0 Å². The number of carboxylic acid groups (broad SMARTS) is 1. The summed E-state index contributed by atoms with van der Waals surface area (Å²) in [6.07, 6.45) is 0. The highest BCUT2D eigenvalue weighted by Gasteiger charge is 2.23. The van der Waals surface area contributed by atoms with Gasteiger partial charge in [-0.3, -0.25) is 0 Å². The highest BCUT2D eigenvalue weighted by atomic mass is 16.4. The van der Waals surface area contributed by atoms with Crippen LogP contribution in [-0.2, 0) is 4.79 Å². The number of aromatic amines is 2. The Bertz CT molecular complexity index is 219. The molecule has 10 heavy (non-hydrogen) atoms. The van der Waals surface area contributed by atoms with Crippen LogP contribution in [0.4, 0.5) is 0 Å². The average molecular weight is 144 g/mol. The maximum absolute atomic E-state index is 10.2. The Morgan fingerprint density at radius 1 is 1.90 bits per heavy atom. The van der Waals surface area contributed by atoms with Crippen molar-refractivity contribution in [1.29, 1.82) is 0 Å². The Morgan fingerprint density at radius 2 is 2.60 bits per heavy atom. The summed E-state index contributed by atoms with van der Waals surface area (Å²) in [5, 5.41) is 19.6. The molecule has 5 N–H and O–H groups in total. The van der Waals surface area contributed by atoms with Crippen LogP contribution in [0.15, 0.2) is 0 Å². The second-order valence-corrected chi connectivity index (χ2v) is 1.64. The molecule has 0 aliphatic heterocycles. The number of hydrogen-bond acceptors (Lipinski definition) is 4. The molecule has 0 aromatic carbocycles. The SMILES string of the molecule is NC(C(=O)O)c1nn[nH][nH+]1. The van der Waals surface area contributed by atoms with E-state index in [0.29, 0.717) is 0 Å². The van der Waals surface area contributed by atoms with Gasteiger partial charge in [0.25, 0.3) is 0 Å². The first-order chi connectivity index (χ1) is 4.72. The molecule has 7 nitrogen and oxygen atoms in total. The van der Waals surface area contributed by atoms with Crippen LogP contribution >= 0.6 is 0 Å². The molecule has 1 unspecified atom stereocenters. The minimum Gasteiger partial charge on any atom is -0.480 e. The Balaban J connectivity index is 2.77. The van der Waals surface area contributed by atoms with E-state index in [1.807, 2.05) is 0 Å². The molecule has 0 aliphatic carbocycles. The molecule has 0 saturated carbocycles. The van der Waals surface area contributed by atoms with E-state index in [9.17, 15) is 4.79 Å². The molecule has 0 saturated heterocycles. The lowest BCUT2D eigenvalue weighted by Crippen LogP contribution is -2.27. The van der Waals surface area contributed by atoms with Crippen molar-refractivity contribution in [3.63, 3.8) is 0 Å². The number of rotatable bonds is 2. The summed E-state index contributed by atoms with van der Waals surface area (Å²) in [4.78, 5) is 10.2. The van der Waals surface area contributed by atoms with Crippen molar-refractivity contribution in [3.8, 4) is 0 Å². The molecule has 1 aromatic rings. The quantitative estimate of drug-likeness (QED) is 0.431. The second kappa shape index (κ2) is 2.40. The van der Waals surface area contributed by atoms with Crippen molar-refractivity contribution in [1.82, 2.24) is 15.5 Å². The van der Waals surface area contributed by atoms with Crippen LogP contribution < -0.4 is 10.8 Å². The third-order valence-electron chi connectivity index (χ3n) is 0.952. The van der Waals surface area contributed by atoms with E-state index in [2.05, 4.69) is 20.6 Å². The zero-order valence-electron chi connectivity index (χ0n) is 4.90. The van der Waals surface area contributed by atoms with Gasteiger partial charge in [-0.1, -0.05) is 5.21 Å². The van der Waals surface area contributed by atoms with Crippen molar-refractivity contribution < 1.29 is 15.0 Å². The van der Waals surface area contributed by atoms with E-state index in [1.54, 1.807) is 0 Å². The van der Waals surface area contributed by atoms with Crippen molar-refractivity contribution in [2.75, 3.05) is 0 Å². The van der Waals surface area contributed by atoms with Crippen LogP contribution in [-0.4, -0.2) is 26.6 Å².